The van der Waals surface area contributed by atoms with Crippen LogP contribution in [0.5, 0.6) is 0 Å². The van der Waals surface area contributed by atoms with Gasteiger partial charge in [0.1, 0.15) is 5.54 Å². The van der Waals surface area contributed by atoms with E-state index in [4.69, 9.17) is 4.74 Å². The molecule has 1 atom stereocenters. The van der Waals surface area contributed by atoms with Crippen molar-refractivity contribution < 1.29 is 9.53 Å². The van der Waals surface area contributed by atoms with Gasteiger partial charge in [0.15, 0.2) is 0 Å². The van der Waals surface area contributed by atoms with Crippen molar-refractivity contribution in [3.63, 3.8) is 0 Å². The molecule has 124 valence electrons. The van der Waals surface area contributed by atoms with Crippen molar-refractivity contribution in [2.75, 3.05) is 26.2 Å². The third-order valence-electron chi connectivity index (χ3n) is 4.01. The molecule has 1 saturated carbocycles. The molecule has 4 nitrogen and oxygen atoms in total. The van der Waals surface area contributed by atoms with Crippen LogP contribution in [0.25, 0.3) is 0 Å². The summed E-state index contributed by atoms with van der Waals surface area (Å²) in [4.78, 5) is 14.8. The minimum Gasteiger partial charge on any atom is -0.465 e. The van der Waals surface area contributed by atoms with Crippen molar-refractivity contribution >= 4 is 5.97 Å². The fourth-order valence-electron chi connectivity index (χ4n) is 2.82. The Hall–Kier alpha value is -0.610. The second-order valence-corrected chi connectivity index (χ2v) is 6.85. The van der Waals surface area contributed by atoms with Crippen molar-refractivity contribution in [2.45, 2.75) is 71.9 Å². The van der Waals surface area contributed by atoms with Gasteiger partial charge in [0, 0.05) is 19.1 Å². The van der Waals surface area contributed by atoms with Crippen molar-refractivity contribution in [3.05, 3.63) is 0 Å². The monoisotopic (exact) mass is 298 g/mol. The second kappa shape index (κ2) is 8.74. The molecule has 21 heavy (non-hydrogen) atoms. The predicted octanol–water partition coefficient (Wildman–Crippen LogP) is 2.82. The van der Waals surface area contributed by atoms with Gasteiger partial charge >= 0.3 is 5.97 Å². The minimum atomic E-state index is -0.584. The lowest BCUT2D eigenvalue weighted by Crippen LogP contribution is -2.54. The van der Waals surface area contributed by atoms with Gasteiger partial charge in [0.25, 0.3) is 0 Å². The number of carbonyl (C=O) groups excluding carboxylic acids is 1. The first-order valence-electron chi connectivity index (χ1n) is 8.58. The van der Waals surface area contributed by atoms with E-state index in [9.17, 15) is 4.79 Å². The molecule has 0 bridgehead atoms. The Morgan fingerprint density at radius 3 is 2.48 bits per heavy atom. The van der Waals surface area contributed by atoms with E-state index < -0.39 is 5.54 Å². The molecule has 0 aromatic heterocycles. The molecule has 0 spiro atoms. The molecule has 1 N–H and O–H groups in total. The van der Waals surface area contributed by atoms with Crippen LogP contribution >= 0.6 is 0 Å². The first-order chi connectivity index (χ1) is 9.91. The van der Waals surface area contributed by atoms with Crippen LogP contribution in [-0.2, 0) is 9.53 Å². The lowest BCUT2D eigenvalue weighted by molar-refractivity contribution is -0.151. The highest BCUT2D eigenvalue weighted by Gasteiger charge is 2.35. The van der Waals surface area contributed by atoms with Gasteiger partial charge in [-0.2, -0.15) is 0 Å². The molecule has 0 aromatic carbocycles. The molecule has 1 unspecified atom stereocenters. The SMILES string of the molecule is CCCN(CCC(C)(NC(C)C)C(=O)OCC)CC1CC1. The van der Waals surface area contributed by atoms with Crippen LogP contribution in [0.1, 0.15) is 60.3 Å². The first kappa shape index (κ1) is 18.4. The molecule has 0 amide bonds. The summed E-state index contributed by atoms with van der Waals surface area (Å²) in [5, 5.41) is 3.41. The smallest absolute Gasteiger partial charge is 0.326 e. The van der Waals surface area contributed by atoms with E-state index in [2.05, 4.69) is 31.0 Å². The van der Waals surface area contributed by atoms with Gasteiger partial charge in [0.05, 0.1) is 6.61 Å². The zero-order valence-corrected chi connectivity index (χ0v) is 14.6. The molecule has 0 aliphatic heterocycles. The lowest BCUT2D eigenvalue weighted by Gasteiger charge is -2.33. The molecule has 0 radical (unpaired) electrons. The fraction of sp³-hybridized carbons (Fsp3) is 0.941. The highest BCUT2D eigenvalue weighted by Crippen LogP contribution is 2.30. The Balaban J connectivity index is 2.58. The Bertz CT molecular complexity index is 316. The van der Waals surface area contributed by atoms with Crippen LogP contribution in [0.4, 0.5) is 0 Å². The maximum Gasteiger partial charge on any atom is 0.326 e. The largest absolute Gasteiger partial charge is 0.465 e. The Labute approximate surface area is 130 Å². The Morgan fingerprint density at radius 2 is 2.00 bits per heavy atom. The van der Waals surface area contributed by atoms with Gasteiger partial charge < -0.3 is 9.64 Å². The predicted molar refractivity (Wildman–Crippen MR) is 87.4 cm³/mol. The number of ether oxygens (including phenoxy) is 1. The summed E-state index contributed by atoms with van der Waals surface area (Å²) in [6, 6.07) is 0.266. The minimum absolute atomic E-state index is 0.124. The molecule has 4 heteroatoms. The summed E-state index contributed by atoms with van der Waals surface area (Å²) in [7, 11) is 0. The summed E-state index contributed by atoms with van der Waals surface area (Å²) in [5.41, 5.74) is -0.584. The summed E-state index contributed by atoms with van der Waals surface area (Å²) >= 11 is 0. The second-order valence-electron chi connectivity index (χ2n) is 6.85. The number of carbonyl (C=O) groups is 1. The molecule has 0 saturated heterocycles. The van der Waals surface area contributed by atoms with Crippen LogP contribution in [-0.4, -0.2) is 48.7 Å². The highest BCUT2D eigenvalue weighted by molar-refractivity contribution is 5.80. The number of rotatable bonds is 11. The van der Waals surface area contributed by atoms with Crippen LogP contribution in [0.15, 0.2) is 0 Å². The quantitative estimate of drug-likeness (QED) is 0.596. The van der Waals surface area contributed by atoms with Crippen molar-refractivity contribution in [2.24, 2.45) is 5.92 Å². The number of nitrogens with zero attached hydrogens (tertiary/aromatic N) is 1. The molecule has 1 aliphatic carbocycles. The van der Waals surface area contributed by atoms with Crippen LogP contribution < -0.4 is 5.32 Å². The maximum atomic E-state index is 12.3. The van der Waals surface area contributed by atoms with Gasteiger partial charge in [0.2, 0.25) is 0 Å². The van der Waals surface area contributed by atoms with Crippen LogP contribution in [0, 0.1) is 5.92 Å². The maximum absolute atomic E-state index is 12.3. The van der Waals surface area contributed by atoms with E-state index in [1.165, 1.54) is 25.8 Å². The molecular weight excluding hydrogens is 264 g/mol. The molecule has 0 heterocycles. The Morgan fingerprint density at radius 1 is 1.33 bits per heavy atom. The third kappa shape index (κ3) is 6.79. The molecule has 1 aliphatic rings. The summed E-state index contributed by atoms with van der Waals surface area (Å²) in [6.07, 6.45) is 4.72. The zero-order chi connectivity index (χ0) is 15.9. The first-order valence-corrected chi connectivity index (χ1v) is 8.58. The molecular formula is C17H34N2O2. The number of hydrogen-bond donors (Lipinski definition) is 1. The normalized spacial score (nSPS) is 18.0. The van der Waals surface area contributed by atoms with Gasteiger partial charge in [-0.05, 0) is 65.8 Å². The zero-order valence-electron chi connectivity index (χ0n) is 14.6. The topological polar surface area (TPSA) is 41.6 Å². The van der Waals surface area contributed by atoms with Gasteiger partial charge in [-0.3, -0.25) is 10.1 Å². The molecule has 0 aromatic rings. The van der Waals surface area contributed by atoms with Crippen molar-refractivity contribution in [1.82, 2.24) is 10.2 Å². The van der Waals surface area contributed by atoms with Gasteiger partial charge in [-0.25, -0.2) is 0 Å². The van der Waals surface area contributed by atoms with Gasteiger partial charge in [-0.15, -0.1) is 0 Å². The van der Waals surface area contributed by atoms with E-state index in [0.717, 1.165) is 25.4 Å². The highest BCUT2D eigenvalue weighted by atomic mass is 16.5. The number of nitrogens with one attached hydrogen (secondary N) is 1. The molecule has 1 rings (SSSR count). The summed E-state index contributed by atoms with van der Waals surface area (Å²) in [5.74, 6) is 0.769. The number of hydrogen-bond acceptors (Lipinski definition) is 4. The average molecular weight is 298 g/mol. The average Bonchev–Trinajstić information content (AvgIpc) is 3.20. The lowest BCUT2D eigenvalue weighted by atomic mass is 9.96. The van der Waals surface area contributed by atoms with E-state index in [1.54, 1.807) is 0 Å². The van der Waals surface area contributed by atoms with E-state index in [-0.39, 0.29) is 12.0 Å². The summed E-state index contributed by atoms with van der Waals surface area (Å²) < 4.78 is 5.27. The van der Waals surface area contributed by atoms with Crippen molar-refractivity contribution in [1.29, 1.82) is 0 Å². The van der Waals surface area contributed by atoms with E-state index in [1.807, 2.05) is 13.8 Å². The number of esters is 1. The van der Waals surface area contributed by atoms with E-state index in [0.29, 0.717) is 6.61 Å². The summed E-state index contributed by atoms with van der Waals surface area (Å²) in [6.45, 7) is 13.9. The van der Waals surface area contributed by atoms with Crippen LogP contribution in [0.2, 0.25) is 0 Å². The standard InChI is InChI=1S/C17H34N2O2/c1-6-11-19(13-15-8-9-15)12-10-17(5,18-14(3)4)16(20)21-7-2/h14-15,18H,6-13H2,1-5H3. The third-order valence-corrected chi connectivity index (χ3v) is 4.01. The fourth-order valence-corrected chi connectivity index (χ4v) is 2.82. The van der Waals surface area contributed by atoms with Crippen molar-refractivity contribution in [3.8, 4) is 0 Å². The Kier molecular flexibility index (Phi) is 7.67. The van der Waals surface area contributed by atoms with Gasteiger partial charge in [-0.1, -0.05) is 6.92 Å². The van der Waals surface area contributed by atoms with Crippen LogP contribution in [0.3, 0.4) is 0 Å². The molecule has 1 fully saturated rings. The van der Waals surface area contributed by atoms with E-state index >= 15 is 0 Å².